The van der Waals surface area contributed by atoms with Crippen LogP contribution in [0.25, 0.3) is 0 Å². The molecule has 0 aliphatic carbocycles. The Hall–Kier alpha value is -1.47. The van der Waals surface area contributed by atoms with Gasteiger partial charge < -0.3 is 5.11 Å². The summed E-state index contributed by atoms with van der Waals surface area (Å²) in [7, 11) is 0. The van der Waals surface area contributed by atoms with Gasteiger partial charge in [-0.3, -0.25) is 9.69 Å². The summed E-state index contributed by atoms with van der Waals surface area (Å²) in [4.78, 5) is 25.3. The molecule has 0 bridgehead atoms. The number of amides is 1. The van der Waals surface area contributed by atoms with Crippen molar-refractivity contribution < 1.29 is 19.3 Å². The molecule has 3 rings (SSSR count). The van der Waals surface area contributed by atoms with E-state index >= 15 is 0 Å². The van der Waals surface area contributed by atoms with Crippen LogP contribution in [0, 0.1) is 0 Å². The van der Waals surface area contributed by atoms with Crippen LogP contribution in [0.5, 0.6) is 0 Å². The third-order valence-corrected chi connectivity index (χ3v) is 5.90. The molecule has 1 amide bonds. The number of carbonyl (C=O) groups excluding carboxylic acids is 1. The minimum Gasteiger partial charge on any atom is -0.477 e. The van der Waals surface area contributed by atoms with E-state index in [-0.39, 0.29) is 17.0 Å². The lowest BCUT2D eigenvalue weighted by Crippen LogP contribution is -2.53. The van der Waals surface area contributed by atoms with E-state index in [4.69, 9.17) is 0 Å². The van der Waals surface area contributed by atoms with Gasteiger partial charge in [0.2, 0.25) is 5.91 Å². The second kappa shape index (κ2) is 6.11. The normalized spacial score (nSPS) is 21.0. The number of aryl methyl sites for hydroxylation is 1. The number of pyridine rings is 1. The number of hydrogen-bond acceptors (Lipinski definition) is 4. The third kappa shape index (κ3) is 2.94. The Balaban J connectivity index is 1.69. The molecular formula is C14H15N2O3S2+. The summed E-state index contributed by atoms with van der Waals surface area (Å²) >= 11 is 3.18. The van der Waals surface area contributed by atoms with E-state index in [0.29, 0.717) is 12.2 Å². The van der Waals surface area contributed by atoms with E-state index in [0.717, 1.165) is 17.2 Å². The van der Waals surface area contributed by atoms with Crippen LogP contribution >= 0.6 is 23.5 Å². The molecule has 1 saturated heterocycles. The molecule has 5 nitrogen and oxygen atoms in total. The molecule has 1 fully saturated rings. The Labute approximate surface area is 131 Å². The fraction of sp³-hybridized carbons (Fsp3) is 0.357. The standard InChI is InChI=1S/C14H14N2O3S2/c17-11-8-12-16(11)13(14(18)19)10(9-21-12)20-7-6-15-4-2-1-3-5-15/h1-5,12H,6-9H2/p+1/t12-/m0/s1. The van der Waals surface area contributed by atoms with Crippen molar-refractivity contribution >= 4 is 35.4 Å². The van der Waals surface area contributed by atoms with Gasteiger partial charge in [0, 0.05) is 22.8 Å². The van der Waals surface area contributed by atoms with Gasteiger partial charge >= 0.3 is 5.97 Å². The lowest BCUT2D eigenvalue weighted by Gasteiger charge is -2.43. The van der Waals surface area contributed by atoms with Gasteiger partial charge in [-0.1, -0.05) is 6.07 Å². The second-order valence-electron chi connectivity index (χ2n) is 4.77. The maximum atomic E-state index is 11.6. The first-order valence-corrected chi connectivity index (χ1v) is 8.67. The molecule has 1 aromatic rings. The molecule has 0 aromatic carbocycles. The number of carboxylic acids is 1. The number of β-lactam (4-membered cyclic amide) rings is 1. The first-order chi connectivity index (χ1) is 10.2. The minimum absolute atomic E-state index is 0.0245. The Morgan fingerprint density at radius 1 is 1.43 bits per heavy atom. The van der Waals surface area contributed by atoms with Crippen LogP contribution in [-0.4, -0.2) is 38.8 Å². The third-order valence-electron chi connectivity index (χ3n) is 3.42. The molecule has 3 heterocycles. The molecule has 0 unspecified atom stereocenters. The van der Waals surface area contributed by atoms with E-state index in [2.05, 4.69) is 4.57 Å². The topological polar surface area (TPSA) is 61.5 Å². The fourth-order valence-electron chi connectivity index (χ4n) is 2.35. The smallest absolute Gasteiger partial charge is 0.353 e. The highest BCUT2D eigenvalue weighted by atomic mass is 32.2. The first kappa shape index (κ1) is 14.5. The fourth-order valence-corrected chi connectivity index (χ4v) is 4.88. The first-order valence-electron chi connectivity index (χ1n) is 6.64. The monoisotopic (exact) mass is 323 g/mol. The molecular weight excluding hydrogens is 308 g/mol. The van der Waals surface area contributed by atoms with Crippen molar-refractivity contribution in [3.63, 3.8) is 0 Å². The lowest BCUT2D eigenvalue weighted by atomic mass is 10.1. The highest BCUT2D eigenvalue weighted by molar-refractivity contribution is 8.06. The van der Waals surface area contributed by atoms with Crippen LogP contribution in [0.2, 0.25) is 0 Å². The van der Waals surface area contributed by atoms with Crippen molar-refractivity contribution in [3.8, 4) is 0 Å². The average Bonchev–Trinajstić information content (AvgIpc) is 2.47. The van der Waals surface area contributed by atoms with Gasteiger partial charge in [0.15, 0.2) is 18.9 Å². The summed E-state index contributed by atoms with van der Waals surface area (Å²) in [6.45, 7) is 0.809. The van der Waals surface area contributed by atoms with E-state index in [9.17, 15) is 14.7 Å². The highest BCUT2D eigenvalue weighted by Gasteiger charge is 2.45. The van der Waals surface area contributed by atoms with E-state index in [1.54, 1.807) is 11.8 Å². The molecule has 1 N–H and O–H groups in total. The van der Waals surface area contributed by atoms with Gasteiger partial charge in [0.05, 0.1) is 17.5 Å². The number of carboxylic acid groups (broad SMARTS) is 1. The van der Waals surface area contributed by atoms with Crippen molar-refractivity contribution in [2.75, 3.05) is 11.5 Å². The number of hydrogen-bond donors (Lipinski definition) is 1. The SMILES string of the molecule is O=C(O)C1=C(SCC[n+]2ccccc2)CS[C@H]2CC(=O)N12. The van der Waals surface area contributed by atoms with Crippen LogP contribution < -0.4 is 4.57 Å². The highest BCUT2D eigenvalue weighted by Crippen LogP contribution is 2.42. The van der Waals surface area contributed by atoms with Gasteiger partial charge in [-0.15, -0.1) is 23.5 Å². The molecule has 7 heteroatoms. The Morgan fingerprint density at radius 3 is 2.86 bits per heavy atom. The summed E-state index contributed by atoms with van der Waals surface area (Å²) in [6.07, 6.45) is 4.43. The maximum Gasteiger partial charge on any atom is 0.353 e. The molecule has 0 radical (unpaired) electrons. The number of nitrogens with zero attached hydrogens (tertiary/aromatic N) is 2. The number of thioether (sulfide) groups is 2. The van der Waals surface area contributed by atoms with Gasteiger partial charge in [0.25, 0.3) is 0 Å². The van der Waals surface area contributed by atoms with Gasteiger partial charge in [0.1, 0.15) is 5.70 Å². The summed E-state index contributed by atoms with van der Waals surface area (Å²) < 4.78 is 2.06. The van der Waals surface area contributed by atoms with Gasteiger partial charge in [-0.25, -0.2) is 9.36 Å². The van der Waals surface area contributed by atoms with Crippen molar-refractivity contribution in [1.29, 1.82) is 0 Å². The Kier molecular flexibility index (Phi) is 4.21. The van der Waals surface area contributed by atoms with Crippen LogP contribution in [0.1, 0.15) is 6.42 Å². The Bertz CT molecular complexity index is 603. The molecule has 1 atom stereocenters. The maximum absolute atomic E-state index is 11.6. The number of fused-ring (bicyclic) bond motifs is 1. The van der Waals surface area contributed by atoms with Crippen molar-refractivity contribution in [3.05, 3.63) is 41.2 Å². The zero-order valence-corrected chi connectivity index (χ0v) is 12.9. The quantitative estimate of drug-likeness (QED) is 0.654. The van der Waals surface area contributed by atoms with Crippen molar-refractivity contribution in [2.24, 2.45) is 0 Å². The summed E-state index contributed by atoms with van der Waals surface area (Å²) in [5.41, 5.74) is 0.193. The predicted octanol–water partition coefficient (Wildman–Crippen LogP) is 1.31. The largest absolute Gasteiger partial charge is 0.477 e. The summed E-state index contributed by atoms with van der Waals surface area (Å²) in [5, 5.41) is 9.41. The summed E-state index contributed by atoms with van der Waals surface area (Å²) in [5.74, 6) is 0.386. The zero-order chi connectivity index (χ0) is 14.8. The second-order valence-corrected chi connectivity index (χ2v) is 7.13. The number of rotatable bonds is 5. The predicted molar refractivity (Wildman–Crippen MR) is 81.5 cm³/mol. The molecule has 1 aromatic heterocycles. The molecule has 21 heavy (non-hydrogen) atoms. The van der Waals surface area contributed by atoms with Crippen molar-refractivity contribution in [2.45, 2.75) is 18.3 Å². The van der Waals surface area contributed by atoms with E-state index < -0.39 is 5.97 Å². The molecule has 2 aliphatic heterocycles. The summed E-state index contributed by atoms with van der Waals surface area (Å²) in [6, 6.07) is 5.89. The minimum atomic E-state index is -0.997. The number of aromatic nitrogens is 1. The molecule has 110 valence electrons. The Morgan fingerprint density at radius 2 is 2.19 bits per heavy atom. The van der Waals surface area contributed by atoms with Gasteiger partial charge in [-0.05, 0) is 0 Å². The van der Waals surface area contributed by atoms with Crippen LogP contribution in [0.15, 0.2) is 41.2 Å². The van der Waals surface area contributed by atoms with Gasteiger partial charge in [-0.2, -0.15) is 0 Å². The van der Waals surface area contributed by atoms with Crippen molar-refractivity contribution in [1.82, 2.24) is 4.90 Å². The van der Waals surface area contributed by atoms with Crippen LogP contribution in [0.3, 0.4) is 0 Å². The van der Waals surface area contributed by atoms with E-state index in [1.165, 1.54) is 16.7 Å². The zero-order valence-electron chi connectivity index (χ0n) is 11.3. The lowest BCUT2D eigenvalue weighted by molar-refractivity contribution is -0.692. The average molecular weight is 323 g/mol. The van der Waals surface area contributed by atoms with Crippen LogP contribution in [0.4, 0.5) is 0 Å². The molecule has 0 saturated carbocycles. The number of aliphatic carboxylic acids is 1. The molecule has 2 aliphatic rings. The van der Waals surface area contributed by atoms with Crippen LogP contribution in [-0.2, 0) is 16.1 Å². The van der Waals surface area contributed by atoms with E-state index in [1.807, 2.05) is 30.6 Å². The molecule has 0 spiro atoms. The number of carbonyl (C=O) groups is 2.